The average molecular weight is 235 g/mol. The van der Waals surface area contributed by atoms with Crippen LogP contribution in [0.3, 0.4) is 0 Å². The third kappa shape index (κ3) is 3.97. The fourth-order valence-electron chi connectivity index (χ4n) is 3.01. The van der Waals surface area contributed by atoms with E-state index in [-0.39, 0.29) is 6.10 Å². The third-order valence-electron chi connectivity index (χ3n) is 4.06. The summed E-state index contributed by atoms with van der Waals surface area (Å²) in [5.74, 6) is 1.28. The van der Waals surface area contributed by atoms with Gasteiger partial charge in [-0.15, -0.1) is 0 Å². The van der Waals surface area contributed by atoms with Crippen molar-refractivity contribution in [2.45, 2.75) is 38.2 Å². The van der Waals surface area contributed by atoms with Crippen LogP contribution in [0, 0.1) is 11.8 Å². The van der Waals surface area contributed by atoms with Crippen LogP contribution in [0.4, 0.5) is 0 Å². The summed E-state index contributed by atoms with van der Waals surface area (Å²) in [5, 5.41) is 9.85. The molecule has 1 unspecified atom stereocenters. The number of hydrogen-bond donors (Lipinski definition) is 1. The lowest BCUT2D eigenvalue weighted by Gasteiger charge is -2.15. The molecule has 0 spiro atoms. The van der Waals surface area contributed by atoms with E-state index in [9.17, 15) is 5.11 Å². The molecule has 2 heteroatoms. The maximum Gasteiger partial charge on any atom is 0.0707 e. The largest absolute Gasteiger partial charge is 0.391 e. The minimum Gasteiger partial charge on any atom is -0.391 e. The predicted molar refractivity (Wildman–Crippen MR) is 71.8 cm³/mol. The number of aliphatic hydroxyl groups excluding tert-OH is 1. The van der Waals surface area contributed by atoms with E-state index in [2.05, 4.69) is 36.3 Å². The highest BCUT2D eigenvalue weighted by Gasteiger charge is 2.28. The SMILES string of the molecule is CN1C[C@@H](CCCCC2C=CC=CC2)[C@H](O)C1. The monoisotopic (exact) mass is 235 g/mol. The van der Waals surface area contributed by atoms with Gasteiger partial charge in [0.1, 0.15) is 0 Å². The van der Waals surface area contributed by atoms with Crippen molar-refractivity contribution < 1.29 is 5.11 Å². The average Bonchev–Trinajstić information content (AvgIpc) is 2.65. The summed E-state index contributed by atoms with van der Waals surface area (Å²) in [7, 11) is 2.10. The van der Waals surface area contributed by atoms with Crippen molar-refractivity contribution in [3.63, 3.8) is 0 Å². The quantitative estimate of drug-likeness (QED) is 0.740. The van der Waals surface area contributed by atoms with Crippen molar-refractivity contribution >= 4 is 0 Å². The molecule has 0 aromatic heterocycles. The number of hydrogen-bond acceptors (Lipinski definition) is 2. The summed E-state index contributed by atoms with van der Waals surface area (Å²) in [6.45, 7) is 1.94. The zero-order chi connectivity index (χ0) is 12.1. The van der Waals surface area contributed by atoms with Gasteiger partial charge in [-0.3, -0.25) is 0 Å². The van der Waals surface area contributed by atoms with Gasteiger partial charge in [-0.25, -0.2) is 0 Å². The van der Waals surface area contributed by atoms with Gasteiger partial charge in [0.15, 0.2) is 0 Å². The van der Waals surface area contributed by atoms with Gasteiger partial charge >= 0.3 is 0 Å². The summed E-state index contributed by atoms with van der Waals surface area (Å²) in [6, 6.07) is 0. The lowest BCUT2D eigenvalue weighted by atomic mass is 9.92. The number of rotatable bonds is 5. The molecule has 0 bridgehead atoms. The van der Waals surface area contributed by atoms with Crippen molar-refractivity contribution in [3.8, 4) is 0 Å². The molecule has 17 heavy (non-hydrogen) atoms. The summed E-state index contributed by atoms with van der Waals surface area (Å²) >= 11 is 0. The molecule has 96 valence electrons. The molecule has 0 radical (unpaired) electrons. The van der Waals surface area contributed by atoms with Crippen LogP contribution in [-0.4, -0.2) is 36.2 Å². The minimum atomic E-state index is -0.0856. The maximum atomic E-state index is 9.85. The zero-order valence-electron chi connectivity index (χ0n) is 10.9. The molecule has 1 N–H and O–H groups in total. The molecule has 1 aliphatic carbocycles. The molecule has 1 aliphatic heterocycles. The maximum absolute atomic E-state index is 9.85. The highest BCUT2D eigenvalue weighted by molar-refractivity contribution is 5.10. The first kappa shape index (κ1) is 12.8. The van der Waals surface area contributed by atoms with E-state index in [0.717, 1.165) is 19.0 Å². The molecule has 0 aromatic carbocycles. The Kier molecular flexibility index (Phi) is 4.81. The second-order valence-electron chi connectivity index (χ2n) is 5.64. The molecule has 2 rings (SSSR count). The smallest absolute Gasteiger partial charge is 0.0707 e. The Morgan fingerprint density at radius 1 is 1.18 bits per heavy atom. The van der Waals surface area contributed by atoms with Crippen molar-refractivity contribution in [3.05, 3.63) is 24.3 Å². The second-order valence-corrected chi connectivity index (χ2v) is 5.64. The Morgan fingerprint density at radius 3 is 2.65 bits per heavy atom. The van der Waals surface area contributed by atoms with Crippen LogP contribution in [0.2, 0.25) is 0 Å². The number of likely N-dealkylation sites (N-methyl/N-ethyl adjacent to an activating group) is 1. The number of allylic oxidation sites excluding steroid dienone is 4. The van der Waals surface area contributed by atoms with Gasteiger partial charge in [-0.05, 0) is 38.1 Å². The molecule has 1 heterocycles. The van der Waals surface area contributed by atoms with Crippen LogP contribution in [0.1, 0.15) is 32.1 Å². The molecular weight excluding hydrogens is 210 g/mol. The molecule has 0 saturated carbocycles. The van der Waals surface area contributed by atoms with E-state index in [1.165, 1.54) is 32.1 Å². The summed E-state index contributed by atoms with van der Waals surface area (Å²) in [4.78, 5) is 2.24. The summed E-state index contributed by atoms with van der Waals surface area (Å²) < 4.78 is 0. The number of β-amino-alcohol motifs (C(OH)–C–C–N with tert-alkyl or cyclic N) is 1. The molecule has 2 aliphatic rings. The number of aliphatic hydroxyl groups is 1. The zero-order valence-corrected chi connectivity index (χ0v) is 10.9. The van der Waals surface area contributed by atoms with Crippen LogP contribution >= 0.6 is 0 Å². The number of likely N-dealkylation sites (tertiary alicyclic amines) is 1. The molecular formula is C15H25NO. The highest BCUT2D eigenvalue weighted by Crippen LogP contribution is 2.24. The van der Waals surface area contributed by atoms with E-state index >= 15 is 0 Å². The van der Waals surface area contributed by atoms with E-state index in [1.54, 1.807) is 0 Å². The highest BCUT2D eigenvalue weighted by atomic mass is 16.3. The third-order valence-corrected chi connectivity index (χ3v) is 4.06. The van der Waals surface area contributed by atoms with Crippen molar-refractivity contribution in [1.82, 2.24) is 4.90 Å². The lowest BCUT2D eigenvalue weighted by molar-refractivity contribution is 0.137. The van der Waals surface area contributed by atoms with E-state index in [1.807, 2.05) is 0 Å². The van der Waals surface area contributed by atoms with Crippen molar-refractivity contribution in [2.75, 3.05) is 20.1 Å². The first-order chi connectivity index (χ1) is 8.25. The fourth-order valence-corrected chi connectivity index (χ4v) is 3.01. The van der Waals surface area contributed by atoms with Crippen molar-refractivity contribution in [1.29, 1.82) is 0 Å². The van der Waals surface area contributed by atoms with Gasteiger partial charge in [0.2, 0.25) is 0 Å². The number of unbranched alkanes of at least 4 members (excludes halogenated alkanes) is 1. The first-order valence-electron chi connectivity index (χ1n) is 6.95. The van der Waals surface area contributed by atoms with Crippen LogP contribution in [0.15, 0.2) is 24.3 Å². The Morgan fingerprint density at radius 2 is 2.00 bits per heavy atom. The Balaban J connectivity index is 1.57. The van der Waals surface area contributed by atoms with Gasteiger partial charge < -0.3 is 10.0 Å². The molecule has 3 atom stereocenters. The molecule has 1 saturated heterocycles. The van der Waals surface area contributed by atoms with E-state index in [4.69, 9.17) is 0 Å². The van der Waals surface area contributed by atoms with Crippen LogP contribution in [0.5, 0.6) is 0 Å². The fraction of sp³-hybridized carbons (Fsp3) is 0.733. The second kappa shape index (κ2) is 6.36. The van der Waals surface area contributed by atoms with E-state index < -0.39 is 0 Å². The lowest BCUT2D eigenvalue weighted by Crippen LogP contribution is -2.17. The van der Waals surface area contributed by atoms with Gasteiger partial charge in [0.25, 0.3) is 0 Å². The van der Waals surface area contributed by atoms with Gasteiger partial charge in [-0.1, -0.05) is 37.1 Å². The van der Waals surface area contributed by atoms with Gasteiger partial charge in [0.05, 0.1) is 6.10 Å². The van der Waals surface area contributed by atoms with Crippen molar-refractivity contribution in [2.24, 2.45) is 11.8 Å². The van der Waals surface area contributed by atoms with Gasteiger partial charge in [0, 0.05) is 13.1 Å². The normalized spacial score (nSPS) is 33.4. The van der Waals surface area contributed by atoms with E-state index in [0.29, 0.717) is 5.92 Å². The topological polar surface area (TPSA) is 23.5 Å². The minimum absolute atomic E-state index is 0.0856. The predicted octanol–water partition coefficient (Wildman–Crippen LogP) is 2.60. The summed E-state index contributed by atoms with van der Waals surface area (Å²) in [6.07, 6.45) is 15.1. The first-order valence-corrected chi connectivity index (χ1v) is 6.95. The Labute approximate surface area is 105 Å². The molecule has 1 fully saturated rings. The number of nitrogens with zero attached hydrogens (tertiary/aromatic N) is 1. The summed E-state index contributed by atoms with van der Waals surface area (Å²) in [5.41, 5.74) is 0. The Bertz CT molecular complexity index is 285. The molecule has 2 nitrogen and oxygen atoms in total. The molecule has 0 amide bonds. The standard InChI is InChI=1S/C15H25NO/c1-16-11-14(15(17)12-16)10-6-5-9-13-7-3-2-4-8-13/h2-4,7,13-15,17H,5-6,8-12H2,1H3/t13?,14-,15-/m1/s1. The van der Waals surface area contributed by atoms with Gasteiger partial charge in [-0.2, -0.15) is 0 Å². The van der Waals surface area contributed by atoms with Crippen LogP contribution < -0.4 is 0 Å². The molecule has 0 aromatic rings. The van der Waals surface area contributed by atoms with Crippen LogP contribution in [-0.2, 0) is 0 Å². The Hall–Kier alpha value is -0.600. The van der Waals surface area contributed by atoms with Crippen LogP contribution in [0.25, 0.3) is 0 Å².